The van der Waals surface area contributed by atoms with Gasteiger partial charge >= 0.3 is 5.97 Å². The lowest BCUT2D eigenvalue weighted by molar-refractivity contribution is -0.138. The van der Waals surface area contributed by atoms with Crippen molar-refractivity contribution in [2.75, 3.05) is 26.3 Å². The second-order valence-corrected chi connectivity index (χ2v) is 9.04. The molecule has 29 heavy (non-hydrogen) atoms. The maximum Gasteiger partial charge on any atom is 0.331 e. The summed E-state index contributed by atoms with van der Waals surface area (Å²) in [6.07, 6.45) is 2.83. The summed E-state index contributed by atoms with van der Waals surface area (Å²) in [5.74, 6) is -0.541. The molecule has 0 aliphatic carbocycles. The Kier molecular flexibility index (Phi) is 7.32. The van der Waals surface area contributed by atoms with Crippen LogP contribution in [0.15, 0.2) is 53.4 Å². The lowest BCUT2D eigenvalue weighted by Crippen LogP contribution is -2.40. The molecule has 1 saturated heterocycles. The molecule has 0 radical (unpaired) electrons. The van der Waals surface area contributed by atoms with Gasteiger partial charge in [0.1, 0.15) is 6.61 Å². The third-order valence-electron chi connectivity index (χ3n) is 4.28. The average Bonchev–Trinajstić information content (AvgIpc) is 2.72. The third-order valence-corrected chi connectivity index (χ3v) is 6.78. The van der Waals surface area contributed by atoms with Gasteiger partial charge in [-0.3, -0.25) is 0 Å². The Morgan fingerprint density at radius 2 is 1.79 bits per heavy atom. The van der Waals surface area contributed by atoms with Gasteiger partial charge in [-0.25, -0.2) is 13.2 Å². The number of morpholine rings is 1. The second-order valence-electron chi connectivity index (χ2n) is 6.26. The van der Waals surface area contributed by atoms with Crippen LogP contribution in [0.4, 0.5) is 0 Å². The van der Waals surface area contributed by atoms with Gasteiger partial charge in [0, 0.05) is 34.8 Å². The highest BCUT2D eigenvalue weighted by Gasteiger charge is 2.25. The fraction of sp³-hybridized carbons (Fsp3) is 0.250. The molecular formula is C20H19Cl2NO5S. The Morgan fingerprint density at radius 3 is 2.45 bits per heavy atom. The smallest absolute Gasteiger partial charge is 0.331 e. The summed E-state index contributed by atoms with van der Waals surface area (Å²) in [5.41, 5.74) is 1.32. The van der Waals surface area contributed by atoms with Gasteiger partial charge in [0.2, 0.25) is 10.0 Å². The van der Waals surface area contributed by atoms with Gasteiger partial charge < -0.3 is 9.47 Å². The Labute approximate surface area is 179 Å². The van der Waals surface area contributed by atoms with Gasteiger partial charge in [0.05, 0.1) is 18.1 Å². The molecule has 2 aromatic rings. The number of hydrogen-bond acceptors (Lipinski definition) is 5. The molecule has 1 aliphatic rings. The molecule has 9 heteroatoms. The number of sulfonamides is 1. The van der Waals surface area contributed by atoms with Crippen LogP contribution in [-0.2, 0) is 30.9 Å². The fourth-order valence-corrected chi connectivity index (χ4v) is 4.56. The first kappa shape index (κ1) is 21.8. The lowest BCUT2D eigenvalue weighted by atomic mass is 10.2. The molecule has 0 saturated carbocycles. The zero-order valence-corrected chi connectivity index (χ0v) is 17.7. The molecule has 6 nitrogen and oxygen atoms in total. The molecule has 0 aromatic heterocycles. The first-order valence-electron chi connectivity index (χ1n) is 8.83. The minimum Gasteiger partial charge on any atom is -0.458 e. The van der Waals surface area contributed by atoms with E-state index in [1.807, 2.05) is 0 Å². The maximum absolute atomic E-state index is 12.6. The van der Waals surface area contributed by atoms with Crippen LogP contribution in [0.5, 0.6) is 0 Å². The van der Waals surface area contributed by atoms with Crippen LogP contribution in [-0.4, -0.2) is 45.0 Å². The highest BCUT2D eigenvalue weighted by Crippen LogP contribution is 2.22. The fourth-order valence-electron chi connectivity index (χ4n) is 2.69. The van der Waals surface area contributed by atoms with Gasteiger partial charge in [0.15, 0.2) is 0 Å². The minimum atomic E-state index is -3.54. The summed E-state index contributed by atoms with van der Waals surface area (Å²) >= 11 is 11.9. The number of nitrogens with zero attached hydrogens (tertiary/aromatic N) is 1. The summed E-state index contributed by atoms with van der Waals surface area (Å²) in [6, 6.07) is 11.2. The van der Waals surface area contributed by atoms with Gasteiger partial charge in [-0.15, -0.1) is 0 Å². The van der Waals surface area contributed by atoms with E-state index in [2.05, 4.69) is 0 Å². The van der Waals surface area contributed by atoms with Crippen molar-refractivity contribution in [2.24, 2.45) is 0 Å². The van der Waals surface area contributed by atoms with Crippen LogP contribution < -0.4 is 0 Å². The summed E-state index contributed by atoms with van der Waals surface area (Å²) in [4.78, 5) is 12.1. The topological polar surface area (TPSA) is 72.9 Å². The van der Waals surface area contributed by atoms with Crippen molar-refractivity contribution in [3.63, 3.8) is 0 Å². The van der Waals surface area contributed by atoms with Gasteiger partial charge in [0.25, 0.3) is 0 Å². The highest BCUT2D eigenvalue weighted by atomic mass is 35.5. The molecule has 0 spiro atoms. The zero-order valence-electron chi connectivity index (χ0n) is 15.4. The first-order valence-corrected chi connectivity index (χ1v) is 11.0. The number of benzene rings is 2. The highest BCUT2D eigenvalue weighted by molar-refractivity contribution is 7.89. The van der Waals surface area contributed by atoms with Crippen LogP contribution in [0.1, 0.15) is 11.1 Å². The monoisotopic (exact) mass is 455 g/mol. The molecule has 0 amide bonds. The van der Waals surface area contributed by atoms with E-state index in [1.54, 1.807) is 36.4 Å². The number of rotatable bonds is 6. The summed E-state index contributed by atoms with van der Waals surface area (Å²) in [7, 11) is -3.54. The summed E-state index contributed by atoms with van der Waals surface area (Å²) < 4.78 is 36.9. The van der Waals surface area contributed by atoms with Crippen molar-refractivity contribution >= 4 is 45.3 Å². The molecule has 3 rings (SSSR count). The quantitative estimate of drug-likeness (QED) is 0.489. The molecular weight excluding hydrogens is 437 g/mol. The van der Waals surface area contributed by atoms with E-state index < -0.39 is 16.0 Å². The predicted molar refractivity (Wildman–Crippen MR) is 111 cm³/mol. The zero-order chi connectivity index (χ0) is 20.9. The molecule has 1 fully saturated rings. The molecule has 1 heterocycles. The molecule has 2 aromatic carbocycles. The standard InChI is InChI=1S/C20H19Cl2NO5S/c21-17-5-4-16(19(22)13-17)14-28-20(24)8-3-15-1-6-18(7-2-15)29(25,26)23-9-11-27-12-10-23/h1-8,13H,9-12,14H2. The van der Waals surface area contributed by atoms with Gasteiger partial charge in [-0.05, 0) is 35.9 Å². The molecule has 0 bridgehead atoms. The summed E-state index contributed by atoms with van der Waals surface area (Å²) in [5, 5.41) is 0.926. The first-order chi connectivity index (χ1) is 13.9. The second kappa shape index (κ2) is 9.73. The average molecular weight is 456 g/mol. The van der Waals surface area contributed by atoms with Crippen LogP contribution in [0, 0.1) is 0 Å². The number of ether oxygens (including phenoxy) is 2. The SMILES string of the molecule is O=C(C=Cc1ccc(S(=O)(=O)N2CCOCC2)cc1)OCc1ccc(Cl)cc1Cl. The van der Waals surface area contributed by atoms with Gasteiger partial charge in [-0.1, -0.05) is 41.4 Å². The maximum atomic E-state index is 12.6. The number of hydrogen-bond donors (Lipinski definition) is 0. The number of carbonyl (C=O) groups is 1. The normalized spacial score (nSPS) is 15.5. The molecule has 1 aliphatic heterocycles. The van der Waals surface area contributed by atoms with Gasteiger partial charge in [-0.2, -0.15) is 4.31 Å². The lowest BCUT2D eigenvalue weighted by Gasteiger charge is -2.26. The Balaban J connectivity index is 1.58. The Hall–Kier alpha value is -1.90. The number of carbonyl (C=O) groups excluding carboxylic acids is 1. The molecule has 154 valence electrons. The van der Waals surface area contributed by atoms with E-state index >= 15 is 0 Å². The van der Waals surface area contributed by atoms with E-state index in [9.17, 15) is 13.2 Å². The Morgan fingerprint density at radius 1 is 1.10 bits per heavy atom. The Bertz CT molecular complexity index is 1000. The summed E-state index contributed by atoms with van der Waals surface area (Å²) in [6.45, 7) is 1.49. The molecule has 0 N–H and O–H groups in total. The van der Waals surface area contributed by atoms with Crippen LogP contribution in [0.25, 0.3) is 6.08 Å². The van der Waals surface area contributed by atoms with E-state index in [0.29, 0.717) is 47.5 Å². The van der Waals surface area contributed by atoms with E-state index in [4.69, 9.17) is 32.7 Å². The van der Waals surface area contributed by atoms with Crippen molar-refractivity contribution in [3.05, 3.63) is 69.7 Å². The van der Waals surface area contributed by atoms with E-state index in [0.717, 1.165) is 0 Å². The van der Waals surface area contributed by atoms with Crippen LogP contribution in [0.3, 0.4) is 0 Å². The number of halogens is 2. The van der Waals surface area contributed by atoms with Crippen molar-refractivity contribution in [1.29, 1.82) is 0 Å². The molecule has 0 atom stereocenters. The van der Waals surface area contributed by atoms with Crippen LogP contribution >= 0.6 is 23.2 Å². The third kappa shape index (κ3) is 5.81. The van der Waals surface area contributed by atoms with Crippen LogP contribution in [0.2, 0.25) is 10.0 Å². The number of esters is 1. The molecule has 0 unspecified atom stereocenters. The largest absolute Gasteiger partial charge is 0.458 e. The van der Waals surface area contributed by atoms with E-state index in [1.165, 1.54) is 22.5 Å². The predicted octanol–water partition coefficient (Wildman–Crippen LogP) is 3.77. The van der Waals surface area contributed by atoms with Crippen molar-refractivity contribution in [3.8, 4) is 0 Å². The van der Waals surface area contributed by atoms with Crippen molar-refractivity contribution in [2.45, 2.75) is 11.5 Å². The van der Waals surface area contributed by atoms with Crippen molar-refractivity contribution in [1.82, 2.24) is 4.31 Å². The van der Waals surface area contributed by atoms with E-state index in [-0.39, 0.29) is 11.5 Å². The van der Waals surface area contributed by atoms with Crippen molar-refractivity contribution < 1.29 is 22.7 Å². The minimum absolute atomic E-state index is 0.0237.